The van der Waals surface area contributed by atoms with Crippen molar-refractivity contribution in [2.24, 2.45) is 5.92 Å². The molecule has 0 heterocycles. The summed E-state index contributed by atoms with van der Waals surface area (Å²) in [5, 5.41) is 3.01. The van der Waals surface area contributed by atoms with Crippen molar-refractivity contribution in [1.82, 2.24) is 10.0 Å². The normalized spacial score (nSPS) is 13.3. The molecule has 5 nitrogen and oxygen atoms in total. The number of hydrogen-bond donors (Lipinski definition) is 2. The van der Waals surface area contributed by atoms with Gasteiger partial charge in [-0.25, -0.2) is 13.1 Å². The first kappa shape index (κ1) is 14.9. The Balaban J connectivity index is 2.80. The van der Waals surface area contributed by atoms with Gasteiger partial charge in [0.2, 0.25) is 10.0 Å². The third kappa shape index (κ3) is 3.97. The third-order valence-corrected chi connectivity index (χ3v) is 4.00. The Morgan fingerprint density at radius 1 is 1.28 bits per heavy atom. The first-order valence-corrected chi connectivity index (χ1v) is 7.27. The number of benzene rings is 1. The maximum atomic E-state index is 12.1. The van der Waals surface area contributed by atoms with Gasteiger partial charge in [-0.2, -0.15) is 0 Å². The van der Waals surface area contributed by atoms with Gasteiger partial charge in [0.15, 0.2) is 0 Å². The van der Waals surface area contributed by atoms with Gasteiger partial charge < -0.3 is 10.1 Å². The standard InChI is InChI=1S/C12H20N2O3S/c1-10(8-13-2)9-14-18(15,16)12-7-5-4-6-11(12)17-3/h4-7,10,13-14H,8-9H2,1-3H3. The molecular weight excluding hydrogens is 252 g/mol. The Morgan fingerprint density at radius 2 is 1.94 bits per heavy atom. The smallest absolute Gasteiger partial charge is 0.244 e. The van der Waals surface area contributed by atoms with Gasteiger partial charge in [0.1, 0.15) is 10.6 Å². The van der Waals surface area contributed by atoms with Gasteiger partial charge in [0.25, 0.3) is 0 Å². The second-order valence-corrected chi connectivity index (χ2v) is 5.90. The molecule has 0 aliphatic rings. The molecular formula is C12H20N2O3S. The van der Waals surface area contributed by atoms with Gasteiger partial charge in [-0.3, -0.25) is 0 Å². The van der Waals surface area contributed by atoms with E-state index in [4.69, 9.17) is 4.74 Å². The maximum Gasteiger partial charge on any atom is 0.244 e. The molecule has 0 spiro atoms. The summed E-state index contributed by atoms with van der Waals surface area (Å²) >= 11 is 0. The number of nitrogens with one attached hydrogen (secondary N) is 2. The second kappa shape index (κ2) is 6.72. The van der Waals surface area contributed by atoms with Gasteiger partial charge in [0, 0.05) is 6.54 Å². The first-order chi connectivity index (χ1) is 8.51. The summed E-state index contributed by atoms with van der Waals surface area (Å²) in [5.41, 5.74) is 0. The average molecular weight is 272 g/mol. The van der Waals surface area contributed by atoms with Crippen LogP contribution in [-0.4, -0.2) is 35.7 Å². The van der Waals surface area contributed by atoms with Gasteiger partial charge in [-0.05, 0) is 31.6 Å². The predicted molar refractivity (Wildman–Crippen MR) is 71.3 cm³/mol. The number of sulfonamides is 1. The van der Waals surface area contributed by atoms with E-state index in [1.165, 1.54) is 13.2 Å². The van der Waals surface area contributed by atoms with Crippen molar-refractivity contribution in [2.45, 2.75) is 11.8 Å². The zero-order chi connectivity index (χ0) is 13.6. The predicted octanol–water partition coefficient (Wildman–Crippen LogP) is 0.829. The summed E-state index contributed by atoms with van der Waals surface area (Å²) in [6, 6.07) is 6.57. The van der Waals surface area contributed by atoms with Crippen LogP contribution < -0.4 is 14.8 Å². The molecule has 0 amide bonds. The third-order valence-electron chi connectivity index (χ3n) is 2.53. The Hall–Kier alpha value is -1.11. The van der Waals surface area contributed by atoms with Crippen LogP contribution in [0.5, 0.6) is 5.75 Å². The summed E-state index contributed by atoms with van der Waals surface area (Å²) in [6.07, 6.45) is 0. The highest BCUT2D eigenvalue weighted by atomic mass is 32.2. The fourth-order valence-electron chi connectivity index (χ4n) is 1.59. The lowest BCUT2D eigenvalue weighted by Crippen LogP contribution is -2.32. The van der Waals surface area contributed by atoms with Gasteiger partial charge in [0.05, 0.1) is 7.11 Å². The van der Waals surface area contributed by atoms with Crippen molar-refractivity contribution < 1.29 is 13.2 Å². The highest BCUT2D eigenvalue weighted by Crippen LogP contribution is 2.22. The van der Waals surface area contributed by atoms with Gasteiger partial charge in [-0.1, -0.05) is 19.1 Å². The van der Waals surface area contributed by atoms with E-state index in [-0.39, 0.29) is 10.8 Å². The van der Waals surface area contributed by atoms with Gasteiger partial charge >= 0.3 is 0 Å². The van der Waals surface area contributed by atoms with E-state index in [0.717, 1.165) is 6.54 Å². The SMILES string of the molecule is CNCC(C)CNS(=O)(=O)c1ccccc1OC. The molecule has 18 heavy (non-hydrogen) atoms. The average Bonchev–Trinajstić information content (AvgIpc) is 2.37. The highest BCUT2D eigenvalue weighted by Gasteiger charge is 2.19. The zero-order valence-electron chi connectivity index (χ0n) is 10.9. The summed E-state index contributed by atoms with van der Waals surface area (Å²) in [5.74, 6) is 0.575. The molecule has 0 bridgehead atoms. The van der Waals surface area contributed by atoms with Crippen molar-refractivity contribution in [3.05, 3.63) is 24.3 Å². The molecule has 0 radical (unpaired) electrons. The summed E-state index contributed by atoms with van der Waals surface area (Å²) in [7, 11) is -0.224. The molecule has 102 valence electrons. The molecule has 0 fully saturated rings. The molecule has 1 aromatic carbocycles. The Bertz CT molecular complexity index is 474. The highest BCUT2D eigenvalue weighted by molar-refractivity contribution is 7.89. The van der Waals surface area contributed by atoms with Crippen LogP contribution in [0, 0.1) is 5.92 Å². The van der Waals surface area contributed by atoms with Crippen LogP contribution in [0.4, 0.5) is 0 Å². The van der Waals surface area contributed by atoms with Crippen LogP contribution >= 0.6 is 0 Å². The maximum absolute atomic E-state index is 12.1. The van der Waals surface area contributed by atoms with Crippen molar-refractivity contribution in [3.63, 3.8) is 0 Å². The van der Waals surface area contributed by atoms with Crippen molar-refractivity contribution in [3.8, 4) is 5.75 Å². The molecule has 6 heteroatoms. The van der Waals surface area contributed by atoms with Gasteiger partial charge in [-0.15, -0.1) is 0 Å². The molecule has 0 aromatic heterocycles. The lowest BCUT2D eigenvalue weighted by Gasteiger charge is -2.14. The molecule has 2 N–H and O–H groups in total. The lowest BCUT2D eigenvalue weighted by atomic mass is 10.2. The quantitative estimate of drug-likeness (QED) is 0.771. The lowest BCUT2D eigenvalue weighted by molar-refractivity contribution is 0.402. The van der Waals surface area contributed by atoms with Crippen LogP contribution in [0.25, 0.3) is 0 Å². The fraction of sp³-hybridized carbons (Fsp3) is 0.500. The number of hydrogen-bond acceptors (Lipinski definition) is 4. The molecule has 0 aliphatic heterocycles. The number of ether oxygens (including phenoxy) is 1. The second-order valence-electron chi connectivity index (χ2n) is 4.17. The molecule has 0 saturated carbocycles. The van der Waals surface area contributed by atoms with Crippen LogP contribution in [-0.2, 0) is 10.0 Å². The Labute approximate surface area is 109 Å². The van der Waals surface area contributed by atoms with Crippen LogP contribution in [0.1, 0.15) is 6.92 Å². The Morgan fingerprint density at radius 3 is 2.56 bits per heavy atom. The molecule has 1 rings (SSSR count). The van der Waals surface area contributed by atoms with E-state index in [9.17, 15) is 8.42 Å². The van der Waals surface area contributed by atoms with E-state index in [1.54, 1.807) is 18.2 Å². The van der Waals surface area contributed by atoms with Crippen LogP contribution in [0.15, 0.2) is 29.2 Å². The topological polar surface area (TPSA) is 67.4 Å². The van der Waals surface area contributed by atoms with Crippen LogP contribution in [0.3, 0.4) is 0 Å². The monoisotopic (exact) mass is 272 g/mol. The van der Waals surface area contributed by atoms with Crippen LogP contribution in [0.2, 0.25) is 0 Å². The number of rotatable bonds is 7. The summed E-state index contributed by atoms with van der Waals surface area (Å²) in [4.78, 5) is 0.171. The van der Waals surface area contributed by atoms with E-state index in [2.05, 4.69) is 10.0 Å². The molecule has 0 saturated heterocycles. The minimum absolute atomic E-state index is 0.171. The van der Waals surface area contributed by atoms with E-state index >= 15 is 0 Å². The molecule has 1 atom stereocenters. The summed E-state index contributed by atoms with van der Waals surface area (Å²) < 4.78 is 31.9. The minimum Gasteiger partial charge on any atom is -0.495 e. The molecule has 1 aromatic rings. The molecule has 0 aliphatic carbocycles. The fourth-order valence-corrected chi connectivity index (χ4v) is 2.92. The molecule has 1 unspecified atom stereocenters. The van der Waals surface area contributed by atoms with Crippen molar-refractivity contribution in [1.29, 1.82) is 0 Å². The van der Waals surface area contributed by atoms with E-state index in [1.807, 2.05) is 14.0 Å². The first-order valence-electron chi connectivity index (χ1n) is 5.78. The Kier molecular flexibility index (Phi) is 5.58. The minimum atomic E-state index is -3.52. The van der Waals surface area contributed by atoms with Crippen molar-refractivity contribution >= 4 is 10.0 Å². The van der Waals surface area contributed by atoms with E-state index in [0.29, 0.717) is 12.3 Å². The summed E-state index contributed by atoms with van der Waals surface area (Å²) in [6.45, 7) is 3.12. The zero-order valence-corrected chi connectivity index (χ0v) is 11.8. The number of methoxy groups -OCH3 is 1. The number of para-hydroxylation sites is 1. The largest absolute Gasteiger partial charge is 0.495 e. The van der Waals surface area contributed by atoms with Crippen molar-refractivity contribution in [2.75, 3.05) is 27.2 Å². The van der Waals surface area contributed by atoms with E-state index < -0.39 is 10.0 Å².